The molecule has 2 fully saturated rings. The Morgan fingerprint density at radius 2 is 2.08 bits per heavy atom. The first-order valence-electron chi connectivity index (χ1n) is 9.65. The van der Waals surface area contributed by atoms with Gasteiger partial charge in [-0.15, -0.1) is 0 Å². The molecule has 3 rings (SSSR count). The fraction of sp³-hybridized carbons (Fsp3) is 0.737. The predicted molar refractivity (Wildman–Crippen MR) is 95.9 cm³/mol. The number of carbonyl (C=O) groups excluding carboxylic acids is 1. The van der Waals surface area contributed by atoms with Gasteiger partial charge in [-0.05, 0) is 31.6 Å². The van der Waals surface area contributed by atoms with Crippen LogP contribution < -0.4 is 5.32 Å². The van der Waals surface area contributed by atoms with Crippen LogP contribution >= 0.6 is 0 Å². The zero-order valence-electron chi connectivity index (χ0n) is 15.0. The minimum atomic E-state index is -1.25. The number of aliphatic hydroxyl groups is 1. The van der Waals surface area contributed by atoms with Gasteiger partial charge in [0.15, 0.2) is 5.60 Å². The van der Waals surface area contributed by atoms with E-state index in [2.05, 4.69) is 15.3 Å². The lowest BCUT2D eigenvalue weighted by molar-refractivity contribution is -0.157. The summed E-state index contributed by atoms with van der Waals surface area (Å²) in [4.78, 5) is 23.0. The van der Waals surface area contributed by atoms with Gasteiger partial charge in [-0.2, -0.15) is 0 Å². The number of hydrogen-bond donors (Lipinski definition) is 2. The first kappa shape index (κ1) is 18.3. The lowest BCUT2D eigenvalue weighted by atomic mass is 9.86. The minimum absolute atomic E-state index is 0.0867. The van der Waals surface area contributed by atoms with E-state index in [0.29, 0.717) is 25.4 Å². The average Bonchev–Trinajstić information content (AvgIpc) is 2.65. The zero-order chi connectivity index (χ0) is 17.5. The van der Waals surface area contributed by atoms with Gasteiger partial charge in [-0.3, -0.25) is 14.8 Å². The summed E-state index contributed by atoms with van der Waals surface area (Å²) < 4.78 is 0. The summed E-state index contributed by atoms with van der Waals surface area (Å²) in [5.41, 5.74) is -0.342. The van der Waals surface area contributed by atoms with Gasteiger partial charge in [-0.1, -0.05) is 19.3 Å². The molecule has 138 valence electrons. The molecule has 2 heterocycles. The summed E-state index contributed by atoms with van der Waals surface area (Å²) in [6, 6.07) is 0. The lowest BCUT2D eigenvalue weighted by Crippen LogP contribution is -2.58. The van der Waals surface area contributed by atoms with Crippen molar-refractivity contribution in [2.45, 2.75) is 57.0 Å². The van der Waals surface area contributed by atoms with Gasteiger partial charge in [0.2, 0.25) is 0 Å². The number of aromatic nitrogens is 2. The van der Waals surface area contributed by atoms with Crippen molar-refractivity contribution in [2.24, 2.45) is 5.92 Å². The first-order chi connectivity index (χ1) is 12.2. The van der Waals surface area contributed by atoms with Gasteiger partial charge < -0.3 is 15.3 Å². The Hall–Kier alpha value is -1.53. The Morgan fingerprint density at radius 3 is 2.84 bits per heavy atom. The summed E-state index contributed by atoms with van der Waals surface area (Å²) in [6.07, 6.45) is 13.6. The van der Waals surface area contributed by atoms with Crippen molar-refractivity contribution in [1.29, 1.82) is 0 Å². The third-order valence-corrected chi connectivity index (χ3v) is 5.50. The molecule has 6 heteroatoms. The Morgan fingerprint density at radius 1 is 1.24 bits per heavy atom. The van der Waals surface area contributed by atoms with Gasteiger partial charge in [0.1, 0.15) is 0 Å². The number of carbonyl (C=O) groups is 1. The van der Waals surface area contributed by atoms with Crippen molar-refractivity contribution in [1.82, 2.24) is 20.2 Å². The van der Waals surface area contributed by atoms with Crippen LogP contribution in [0.1, 0.15) is 50.6 Å². The van der Waals surface area contributed by atoms with Gasteiger partial charge in [0, 0.05) is 51.2 Å². The third-order valence-electron chi connectivity index (χ3n) is 5.50. The van der Waals surface area contributed by atoms with Crippen LogP contribution in [0.4, 0.5) is 0 Å². The monoisotopic (exact) mass is 346 g/mol. The van der Waals surface area contributed by atoms with Gasteiger partial charge in [-0.25, -0.2) is 0 Å². The molecule has 0 spiro atoms. The van der Waals surface area contributed by atoms with E-state index in [9.17, 15) is 9.90 Å². The molecule has 0 aromatic carbocycles. The van der Waals surface area contributed by atoms with Gasteiger partial charge >= 0.3 is 0 Å². The molecule has 2 N–H and O–H groups in total. The van der Waals surface area contributed by atoms with Crippen molar-refractivity contribution < 1.29 is 9.90 Å². The molecule has 1 amide bonds. The van der Waals surface area contributed by atoms with Crippen molar-refractivity contribution in [3.8, 4) is 0 Å². The molecule has 1 atom stereocenters. The SMILES string of the molecule is O=C1N(CC2CCCCC2)CCC[C@@]1(O)CNCCc1cnccn1. The molecule has 25 heavy (non-hydrogen) atoms. The Labute approximate surface area is 150 Å². The molecule has 1 aromatic heterocycles. The Balaban J connectivity index is 1.46. The van der Waals surface area contributed by atoms with Crippen LogP contribution in [-0.2, 0) is 11.2 Å². The van der Waals surface area contributed by atoms with Crippen LogP contribution in [0.5, 0.6) is 0 Å². The average molecular weight is 346 g/mol. The molecular formula is C19H30N4O2. The normalized spacial score (nSPS) is 25.3. The summed E-state index contributed by atoms with van der Waals surface area (Å²) in [6.45, 7) is 2.60. The molecule has 6 nitrogen and oxygen atoms in total. The van der Waals surface area contributed by atoms with E-state index in [-0.39, 0.29) is 5.91 Å². The number of hydrogen-bond acceptors (Lipinski definition) is 5. The van der Waals surface area contributed by atoms with Crippen LogP contribution in [0.15, 0.2) is 18.6 Å². The Kier molecular flexibility index (Phi) is 6.37. The first-order valence-corrected chi connectivity index (χ1v) is 9.65. The maximum Gasteiger partial charge on any atom is 0.255 e. The van der Waals surface area contributed by atoms with Crippen molar-refractivity contribution >= 4 is 5.91 Å². The molecular weight excluding hydrogens is 316 g/mol. The van der Waals surface area contributed by atoms with Crippen molar-refractivity contribution in [3.05, 3.63) is 24.3 Å². The fourth-order valence-electron chi connectivity index (χ4n) is 4.06. The quantitative estimate of drug-likeness (QED) is 0.732. The highest BCUT2D eigenvalue weighted by molar-refractivity contribution is 5.86. The van der Waals surface area contributed by atoms with E-state index in [0.717, 1.165) is 31.6 Å². The van der Waals surface area contributed by atoms with Crippen LogP contribution in [0.25, 0.3) is 0 Å². The van der Waals surface area contributed by atoms with Crippen LogP contribution in [-0.4, -0.2) is 57.7 Å². The number of amides is 1. The fourth-order valence-corrected chi connectivity index (χ4v) is 4.06. The third kappa shape index (κ3) is 4.98. The highest BCUT2D eigenvalue weighted by Crippen LogP contribution is 2.28. The highest BCUT2D eigenvalue weighted by atomic mass is 16.3. The second-order valence-corrected chi connectivity index (χ2v) is 7.51. The lowest BCUT2D eigenvalue weighted by Gasteiger charge is -2.40. The molecule has 1 aliphatic heterocycles. The maximum atomic E-state index is 12.8. The van der Waals surface area contributed by atoms with Gasteiger partial charge in [0.25, 0.3) is 5.91 Å². The maximum absolute atomic E-state index is 12.8. The van der Waals surface area contributed by atoms with E-state index in [4.69, 9.17) is 0 Å². The molecule has 1 aromatic rings. The minimum Gasteiger partial charge on any atom is -0.379 e. The molecule has 0 unspecified atom stereocenters. The molecule has 2 aliphatic rings. The summed E-state index contributed by atoms with van der Waals surface area (Å²) in [7, 11) is 0. The molecule has 1 saturated carbocycles. The zero-order valence-corrected chi connectivity index (χ0v) is 15.0. The van der Waals surface area contributed by atoms with E-state index in [1.54, 1.807) is 18.6 Å². The predicted octanol–water partition coefficient (Wildman–Crippen LogP) is 1.54. The van der Waals surface area contributed by atoms with Crippen molar-refractivity contribution in [2.75, 3.05) is 26.2 Å². The summed E-state index contributed by atoms with van der Waals surface area (Å²) in [5.74, 6) is 0.529. The van der Waals surface area contributed by atoms with E-state index in [1.165, 1.54) is 32.1 Å². The molecule has 1 saturated heterocycles. The number of nitrogens with zero attached hydrogens (tertiary/aromatic N) is 3. The van der Waals surface area contributed by atoms with Crippen LogP contribution in [0, 0.1) is 5.92 Å². The van der Waals surface area contributed by atoms with E-state index in [1.807, 2.05) is 4.90 Å². The van der Waals surface area contributed by atoms with Crippen molar-refractivity contribution in [3.63, 3.8) is 0 Å². The standard InChI is InChI=1S/C19H30N4O2/c24-18-19(25,15-21-9-7-17-13-20-10-11-22-17)8-4-12-23(18)14-16-5-2-1-3-6-16/h10-11,13,16,21,25H,1-9,12,14-15H2/t19-/m1/s1. The van der Waals surface area contributed by atoms with Gasteiger partial charge in [0.05, 0.1) is 5.69 Å². The van der Waals surface area contributed by atoms with Crippen LogP contribution in [0.3, 0.4) is 0 Å². The summed E-state index contributed by atoms with van der Waals surface area (Å²) in [5, 5.41) is 14.1. The summed E-state index contributed by atoms with van der Waals surface area (Å²) >= 11 is 0. The van der Waals surface area contributed by atoms with E-state index >= 15 is 0 Å². The Bertz CT molecular complexity index is 548. The van der Waals surface area contributed by atoms with E-state index < -0.39 is 5.60 Å². The smallest absolute Gasteiger partial charge is 0.255 e. The number of likely N-dealkylation sites (tertiary alicyclic amines) is 1. The number of nitrogens with one attached hydrogen (secondary N) is 1. The van der Waals surface area contributed by atoms with Crippen LogP contribution in [0.2, 0.25) is 0 Å². The molecule has 0 bridgehead atoms. The highest BCUT2D eigenvalue weighted by Gasteiger charge is 2.42. The molecule has 0 radical (unpaired) electrons. The number of rotatable bonds is 7. The second kappa shape index (κ2) is 8.72. The topological polar surface area (TPSA) is 78.4 Å². The largest absolute Gasteiger partial charge is 0.379 e. The number of piperidine rings is 1. The molecule has 1 aliphatic carbocycles. The second-order valence-electron chi connectivity index (χ2n) is 7.51.